The minimum atomic E-state index is -1.22. The lowest BCUT2D eigenvalue weighted by Crippen LogP contribution is -2.54. The van der Waals surface area contributed by atoms with E-state index in [-0.39, 0.29) is 6.04 Å². The first-order valence-corrected chi connectivity index (χ1v) is 5.24. The molecule has 0 bridgehead atoms. The van der Waals surface area contributed by atoms with E-state index in [1.54, 1.807) is 0 Å². The molecule has 1 aliphatic rings. The molecular weight excluding hydrogens is 196 g/mol. The van der Waals surface area contributed by atoms with E-state index in [9.17, 15) is 9.59 Å². The average Bonchev–Trinajstić information content (AvgIpc) is 2.54. The minimum Gasteiger partial charge on any atom is -0.480 e. The second-order valence-corrected chi connectivity index (χ2v) is 4.51. The number of amides is 2. The Bertz CT molecular complexity index is 257. The lowest BCUT2D eigenvalue weighted by Gasteiger charge is -2.22. The molecule has 0 aromatic carbocycles. The summed E-state index contributed by atoms with van der Waals surface area (Å²) in [4.78, 5) is 22.2. The summed E-state index contributed by atoms with van der Waals surface area (Å²) in [5.74, 6) is -1.04. The molecule has 1 saturated carbocycles. The van der Waals surface area contributed by atoms with Crippen LogP contribution >= 0.6 is 0 Å². The van der Waals surface area contributed by atoms with E-state index < -0.39 is 17.5 Å². The Morgan fingerprint density at radius 3 is 2.27 bits per heavy atom. The van der Waals surface area contributed by atoms with Gasteiger partial charge in [0.25, 0.3) is 0 Å². The van der Waals surface area contributed by atoms with Crippen molar-refractivity contribution in [3.05, 3.63) is 0 Å². The molecule has 0 saturated heterocycles. The van der Waals surface area contributed by atoms with Crippen LogP contribution in [0.1, 0.15) is 39.5 Å². The summed E-state index contributed by atoms with van der Waals surface area (Å²) in [6.07, 6.45) is 4.24. The average molecular weight is 214 g/mol. The molecule has 3 N–H and O–H groups in total. The van der Waals surface area contributed by atoms with Crippen molar-refractivity contribution in [1.29, 1.82) is 0 Å². The van der Waals surface area contributed by atoms with Crippen LogP contribution in [0.3, 0.4) is 0 Å². The molecule has 15 heavy (non-hydrogen) atoms. The van der Waals surface area contributed by atoms with Gasteiger partial charge in [-0.2, -0.15) is 0 Å². The first kappa shape index (κ1) is 11.8. The van der Waals surface area contributed by atoms with Crippen LogP contribution in [-0.4, -0.2) is 28.7 Å². The van der Waals surface area contributed by atoms with Gasteiger partial charge in [0.2, 0.25) is 0 Å². The molecule has 1 fully saturated rings. The summed E-state index contributed by atoms with van der Waals surface area (Å²) in [5.41, 5.74) is -1.22. The second-order valence-electron chi connectivity index (χ2n) is 4.51. The van der Waals surface area contributed by atoms with E-state index >= 15 is 0 Å². The van der Waals surface area contributed by atoms with Crippen molar-refractivity contribution in [1.82, 2.24) is 10.6 Å². The third-order valence-electron chi connectivity index (χ3n) is 2.65. The van der Waals surface area contributed by atoms with Crippen LogP contribution in [0, 0.1) is 0 Å². The third-order valence-corrected chi connectivity index (χ3v) is 2.65. The van der Waals surface area contributed by atoms with Crippen LogP contribution in [0.5, 0.6) is 0 Å². The molecule has 0 unspecified atom stereocenters. The van der Waals surface area contributed by atoms with Gasteiger partial charge in [0.1, 0.15) is 5.54 Å². The molecule has 0 aromatic rings. The zero-order valence-electron chi connectivity index (χ0n) is 9.17. The summed E-state index contributed by atoms with van der Waals surface area (Å²) in [6, 6.07) is -0.191. The number of aliphatic carboxylic acids is 1. The van der Waals surface area contributed by atoms with Crippen molar-refractivity contribution in [3.8, 4) is 0 Å². The SMILES string of the molecule is CC(C)(NC(=O)NC1CCCC1)C(=O)O. The van der Waals surface area contributed by atoms with Crippen molar-refractivity contribution in [3.63, 3.8) is 0 Å². The molecule has 86 valence electrons. The van der Waals surface area contributed by atoms with Crippen LogP contribution in [-0.2, 0) is 4.79 Å². The highest BCUT2D eigenvalue weighted by atomic mass is 16.4. The molecule has 1 aliphatic carbocycles. The van der Waals surface area contributed by atoms with Gasteiger partial charge in [0.05, 0.1) is 0 Å². The maximum Gasteiger partial charge on any atom is 0.328 e. The zero-order chi connectivity index (χ0) is 11.5. The molecule has 2 amide bonds. The molecule has 0 heterocycles. The molecule has 1 rings (SSSR count). The minimum absolute atomic E-state index is 0.203. The van der Waals surface area contributed by atoms with Gasteiger partial charge in [-0.15, -0.1) is 0 Å². The van der Waals surface area contributed by atoms with Crippen molar-refractivity contribution in [2.75, 3.05) is 0 Å². The summed E-state index contributed by atoms with van der Waals surface area (Å²) in [7, 11) is 0. The van der Waals surface area contributed by atoms with Crippen molar-refractivity contribution in [2.45, 2.75) is 51.1 Å². The molecular formula is C10H18N2O3. The molecule has 0 radical (unpaired) electrons. The standard InChI is InChI=1S/C10H18N2O3/c1-10(2,8(13)14)12-9(15)11-7-5-3-4-6-7/h7H,3-6H2,1-2H3,(H,13,14)(H2,11,12,15). The summed E-state index contributed by atoms with van der Waals surface area (Å²) in [5, 5.41) is 14.0. The van der Waals surface area contributed by atoms with Crippen molar-refractivity contribution >= 4 is 12.0 Å². The van der Waals surface area contributed by atoms with Crippen LogP contribution < -0.4 is 10.6 Å². The molecule has 0 aromatic heterocycles. The van der Waals surface area contributed by atoms with Gasteiger partial charge in [-0.25, -0.2) is 9.59 Å². The molecule has 5 heteroatoms. The molecule has 0 aliphatic heterocycles. The van der Waals surface area contributed by atoms with Gasteiger partial charge >= 0.3 is 12.0 Å². The predicted octanol–water partition coefficient (Wildman–Crippen LogP) is 1.09. The number of carbonyl (C=O) groups excluding carboxylic acids is 1. The zero-order valence-corrected chi connectivity index (χ0v) is 9.17. The number of hydrogen-bond acceptors (Lipinski definition) is 2. The first-order valence-electron chi connectivity index (χ1n) is 5.24. The van der Waals surface area contributed by atoms with Gasteiger partial charge in [-0.05, 0) is 26.7 Å². The maximum atomic E-state index is 11.4. The van der Waals surface area contributed by atoms with E-state index in [0.717, 1.165) is 25.7 Å². The predicted molar refractivity (Wildman–Crippen MR) is 55.6 cm³/mol. The van der Waals surface area contributed by atoms with E-state index in [0.29, 0.717) is 0 Å². The van der Waals surface area contributed by atoms with E-state index in [4.69, 9.17) is 5.11 Å². The second kappa shape index (κ2) is 4.51. The number of rotatable bonds is 3. The van der Waals surface area contributed by atoms with Crippen LogP contribution in [0.15, 0.2) is 0 Å². The van der Waals surface area contributed by atoms with Crippen LogP contribution in [0.2, 0.25) is 0 Å². The Labute approximate surface area is 89.2 Å². The largest absolute Gasteiger partial charge is 0.480 e. The fraction of sp³-hybridized carbons (Fsp3) is 0.800. The number of nitrogens with one attached hydrogen (secondary N) is 2. The lowest BCUT2D eigenvalue weighted by atomic mass is 10.1. The quantitative estimate of drug-likeness (QED) is 0.658. The van der Waals surface area contributed by atoms with Gasteiger partial charge in [-0.3, -0.25) is 0 Å². The first-order chi connectivity index (χ1) is 6.92. The van der Waals surface area contributed by atoms with Crippen molar-refractivity contribution in [2.24, 2.45) is 0 Å². The van der Waals surface area contributed by atoms with E-state index in [2.05, 4.69) is 10.6 Å². The Hall–Kier alpha value is -1.26. The fourth-order valence-corrected chi connectivity index (χ4v) is 1.63. The van der Waals surface area contributed by atoms with Gasteiger partial charge in [-0.1, -0.05) is 12.8 Å². The smallest absolute Gasteiger partial charge is 0.328 e. The highest BCUT2D eigenvalue weighted by Gasteiger charge is 2.29. The Morgan fingerprint density at radius 1 is 1.27 bits per heavy atom. The molecule has 0 spiro atoms. The Morgan fingerprint density at radius 2 is 1.80 bits per heavy atom. The lowest BCUT2D eigenvalue weighted by molar-refractivity contribution is -0.142. The fourth-order valence-electron chi connectivity index (χ4n) is 1.63. The van der Waals surface area contributed by atoms with E-state index in [1.165, 1.54) is 13.8 Å². The third kappa shape index (κ3) is 3.42. The highest BCUT2D eigenvalue weighted by molar-refractivity contribution is 5.85. The number of carboxylic acids is 1. The van der Waals surface area contributed by atoms with Crippen LogP contribution in [0.4, 0.5) is 4.79 Å². The summed E-state index contributed by atoms with van der Waals surface area (Å²) >= 11 is 0. The Kier molecular flexibility index (Phi) is 3.55. The van der Waals surface area contributed by atoms with E-state index in [1.807, 2.05) is 0 Å². The monoisotopic (exact) mass is 214 g/mol. The number of carbonyl (C=O) groups is 2. The van der Waals surface area contributed by atoms with Gasteiger partial charge < -0.3 is 15.7 Å². The highest BCUT2D eigenvalue weighted by Crippen LogP contribution is 2.17. The normalized spacial score (nSPS) is 17.5. The number of carboxylic acid groups (broad SMARTS) is 1. The molecule has 0 atom stereocenters. The topological polar surface area (TPSA) is 78.4 Å². The van der Waals surface area contributed by atoms with Gasteiger partial charge in [0.15, 0.2) is 0 Å². The van der Waals surface area contributed by atoms with Gasteiger partial charge in [0, 0.05) is 6.04 Å². The van der Waals surface area contributed by atoms with Crippen molar-refractivity contribution < 1.29 is 14.7 Å². The van der Waals surface area contributed by atoms with Crippen LogP contribution in [0.25, 0.3) is 0 Å². The summed E-state index contributed by atoms with van der Waals surface area (Å²) in [6.45, 7) is 2.92. The Balaban J connectivity index is 2.38. The summed E-state index contributed by atoms with van der Waals surface area (Å²) < 4.78 is 0. The number of urea groups is 1. The number of hydrogen-bond donors (Lipinski definition) is 3. The molecule has 5 nitrogen and oxygen atoms in total. The maximum absolute atomic E-state index is 11.4.